The van der Waals surface area contributed by atoms with E-state index >= 15 is 0 Å². The first-order chi connectivity index (χ1) is 7.90. The smallest absolute Gasteiger partial charge is 0.150 e. The number of hydrogen-bond acceptors (Lipinski definition) is 1. The van der Waals surface area contributed by atoms with Crippen LogP contribution in [0.15, 0.2) is 54.6 Å². The molecule has 0 aliphatic carbocycles. The molecule has 3 aromatic carbocycles. The van der Waals surface area contributed by atoms with E-state index in [1.54, 1.807) is 0 Å². The van der Waals surface area contributed by atoms with Crippen molar-refractivity contribution in [2.24, 2.45) is 0 Å². The summed E-state index contributed by atoms with van der Waals surface area (Å²) in [5, 5.41) is 4.53. The summed E-state index contributed by atoms with van der Waals surface area (Å²) in [7, 11) is 0. The van der Waals surface area contributed by atoms with E-state index in [2.05, 4.69) is 18.2 Å². The molecule has 0 fully saturated rings. The number of aldehydes is 1. The fraction of sp³-hybridized carbons (Fsp3) is 0. The molecule has 76 valence electrons. The van der Waals surface area contributed by atoms with Crippen LogP contribution in [0.5, 0.6) is 0 Å². The first-order valence-corrected chi connectivity index (χ1v) is 5.26. The Labute approximate surface area is 93.3 Å². The minimum absolute atomic E-state index is 0.738. The highest BCUT2D eigenvalue weighted by Crippen LogP contribution is 2.27. The van der Waals surface area contributed by atoms with Crippen LogP contribution in [0.2, 0.25) is 0 Å². The average Bonchev–Trinajstić information content (AvgIpc) is 2.49. The topological polar surface area (TPSA) is 17.1 Å². The number of rotatable bonds is 1. The van der Waals surface area contributed by atoms with Crippen molar-refractivity contribution in [2.45, 2.75) is 0 Å². The normalized spacial score (nSPS) is 10.8. The maximum absolute atomic E-state index is 11.1. The van der Waals surface area contributed by atoms with Gasteiger partial charge in [0, 0.05) is 5.56 Å². The van der Waals surface area contributed by atoms with Crippen molar-refractivity contribution in [1.82, 2.24) is 0 Å². The summed E-state index contributed by atoms with van der Waals surface area (Å²) in [6.45, 7) is 0. The van der Waals surface area contributed by atoms with Crippen molar-refractivity contribution in [3.63, 3.8) is 0 Å². The van der Waals surface area contributed by atoms with Gasteiger partial charge in [-0.2, -0.15) is 0 Å². The van der Waals surface area contributed by atoms with Crippen LogP contribution >= 0.6 is 0 Å². The lowest BCUT2D eigenvalue weighted by Crippen LogP contribution is -1.75. The molecule has 1 heteroatoms. The van der Waals surface area contributed by atoms with E-state index in [0.29, 0.717) is 0 Å². The second-order valence-corrected chi connectivity index (χ2v) is 3.85. The van der Waals surface area contributed by atoms with Gasteiger partial charge in [0.2, 0.25) is 0 Å². The van der Waals surface area contributed by atoms with Gasteiger partial charge in [-0.25, -0.2) is 0 Å². The van der Waals surface area contributed by atoms with E-state index < -0.39 is 0 Å². The summed E-state index contributed by atoms with van der Waals surface area (Å²) in [6, 6.07) is 18.1. The third-order valence-corrected chi connectivity index (χ3v) is 2.93. The third-order valence-electron chi connectivity index (χ3n) is 2.93. The SMILES string of the molecule is O=Cc1cccc2ccc3ccccc1c32. The van der Waals surface area contributed by atoms with Gasteiger partial charge in [0.15, 0.2) is 6.29 Å². The lowest BCUT2D eigenvalue weighted by molar-refractivity contribution is 0.112. The van der Waals surface area contributed by atoms with E-state index in [0.717, 1.165) is 22.6 Å². The van der Waals surface area contributed by atoms with Gasteiger partial charge in [-0.15, -0.1) is 0 Å². The monoisotopic (exact) mass is 206 g/mol. The first kappa shape index (κ1) is 9.10. The maximum atomic E-state index is 11.1. The Morgan fingerprint density at radius 2 is 1.44 bits per heavy atom. The average molecular weight is 206 g/mol. The van der Waals surface area contributed by atoms with Crippen molar-refractivity contribution in [3.8, 4) is 0 Å². The summed E-state index contributed by atoms with van der Waals surface area (Å²) in [4.78, 5) is 11.1. The molecule has 16 heavy (non-hydrogen) atoms. The van der Waals surface area contributed by atoms with E-state index in [-0.39, 0.29) is 0 Å². The summed E-state index contributed by atoms with van der Waals surface area (Å²) < 4.78 is 0. The number of hydrogen-bond donors (Lipinski definition) is 0. The molecule has 0 saturated heterocycles. The Bertz CT molecular complexity index is 668. The highest BCUT2D eigenvalue weighted by Gasteiger charge is 2.03. The summed E-state index contributed by atoms with van der Waals surface area (Å²) in [5.74, 6) is 0. The van der Waals surface area contributed by atoms with Gasteiger partial charge in [-0.3, -0.25) is 4.79 Å². The molecule has 0 N–H and O–H groups in total. The molecule has 0 bridgehead atoms. The minimum atomic E-state index is 0.738. The van der Waals surface area contributed by atoms with Crippen LogP contribution in [0.3, 0.4) is 0 Å². The van der Waals surface area contributed by atoms with E-state index in [4.69, 9.17) is 0 Å². The molecule has 0 saturated carbocycles. The lowest BCUT2D eigenvalue weighted by Gasteiger charge is -1.90. The van der Waals surface area contributed by atoms with Gasteiger partial charge in [0.25, 0.3) is 0 Å². The van der Waals surface area contributed by atoms with Gasteiger partial charge >= 0.3 is 0 Å². The molecule has 1 nitrogen and oxygen atoms in total. The van der Waals surface area contributed by atoms with Crippen molar-refractivity contribution in [2.75, 3.05) is 0 Å². The molecule has 0 atom stereocenters. The summed E-state index contributed by atoms with van der Waals surface area (Å²) >= 11 is 0. The van der Waals surface area contributed by atoms with Crippen molar-refractivity contribution >= 4 is 27.8 Å². The fourth-order valence-corrected chi connectivity index (χ4v) is 2.18. The minimum Gasteiger partial charge on any atom is -0.298 e. The Morgan fingerprint density at radius 1 is 0.750 bits per heavy atom. The predicted molar refractivity (Wildman–Crippen MR) is 66.8 cm³/mol. The zero-order chi connectivity index (χ0) is 11.0. The second kappa shape index (κ2) is 3.46. The molecule has 3 rings (SSSR count). The largest absolute Gasteiger partial charge is 0.298 e. The molecule has 0 radical (unpaired) electrons. The Hall–Kier alpha value is -2.15. The van der Waals surface area contributed by atoms with Crippen LogP contribution in [-0.2, 0) is 0 Å². The predicted octanol–water partition coefficient (Wildman–Crippen LogP) is 3.81. The first-order valence-electron chi connectivity index (χ1n) is 5.26. The van der Waals surface area contributed by atoms with Crippen LogP contribution < -0.4 is 0 Å². The molecule has 0 aliphatic rings. The summed E-state index contributed by atoms with van der Waals surface area (Å²) in [5.41, 5.74) is 0.738. The van der Waals surface area contributed by atoms with E-state index in [1.165, 1.54) is 10.8 Å². The standard InChI is InChI=1S/C15H10O/c16-10-13-6-3-5-12-9-8-11-4-1-2-7-14(13)15(11)12/h1-10H. The highest BCUT2D eigenvalue weighted by molar-refractivity contribution is 6.14. The molecule has 0 spiro atoms. The number of carbonyl (C=O) groups excluding carboxylic acids is 1. The Balaban J connectivity index is 2.72. The van der Waals surface area contributed by atoms with Gasteiger partial charge in [0.05, 0.1) is 0 Å². The third kappa shape index (κ3) is 1.22. The van der Waals surface area contributed by atoms with E-state index in [1.807, 2.05) is 36.4 Å². The van der Waals surface area contributed by atoms with Crippen LogP contribution in [-0.4, -0.2) is 6.29 Å². The maximum Gasteiger partial charge on any atom is 0.150 e. The molecular weight excluding hydrogens is 196 g/mol. The quantitative estimate of drug-likeness (QED) is 0.553. The van der Waals surface area contributed by atoms with Gasteiger partial charge in [-0.05, 0) is 21.5 Å². The van der Waals surface area contributed by atoms with Crippen LogP contribution in [0, 0.1) is 0 Å². The molecule has 0 unspecified atom stereocenters. The van der Waals surface area contributed by atoms with Crippen molar-refractivity contribution < 1.29 is 4.79 Å². The van der Waals surface area contributed by atoms with Gasteiger partial charge < -0.3 is 0 Å². The van der Waals surface area contributed by atoms with Crippen LogP contribution in [0.25, 0.3) is 21.5 Å². The van der Waals surface area contributed by atoms with Crippen molar-refractivity contribution in [1.29, 1.82) is 0 Å². The lowest BCUT2D eigenvalue weighted by atomic mass is 10.1. The number of carbonyl (C=O) groups is 1. The molecule has 0 amide bonds. The summed E-state index contributed by atoms with van der Waals surface area (Å²) in [6.07, 6.45) is 0.918. The zero-order valence-corrected chi connectivity index (χ0v) is 8.68. The van der Waals surface area contributed by atoms with Crippen LogP contribution in [0.1, 0.15) is 10.4 Å². The molecule has 0 aliphatic heterocycles. The van der Waals surface area contributed by atoms with Gasteiger partial charge in [0.1, 0.15) is 0 Å². The fourth-order valence-electron chi connectivity index (χ4n) is 2.18. The Kier molecular flexibility index (Phi) is 1.97. The Morgan fingerprint density at radius 3 is 2.19 bits per heavy atom. The second-order valence-electron chi connectivity index (χ2n) is 3.85. The molecule has 0 aromatic heterocycles. The molecule has 0 heterocycles. The highest BCUT2D eigenvalue weighted by atomic mass is 16.1. The van der Waals surface area contributed by atoms with Gasteiger partial charge in [-0.1, -0.05) is 54.6 Å². The molecule has 3 aromatic rings. The zero-order valence-electron chi connectivity index (χ0n) is 8.68. The molecular formula is C15H10O. The van der Waals surface area contributed by atoms with E-state index in [9.17, 15) is 4.79 Å². The van der Waals surface area contributed by atoms with Crippen LogP contribution in [0.4, 0.5) is 0 Å². The van der Waals surface area contributed by atoms with Crippen molar-refractivity contribution in [3.05, 3.63) is 60.2 Å².